The van der Waals surface area contributed by atoms with Crippen LogP contribution >= 0.6 is 0 Å². The molecule has 0 aromatic heterocycles. The van der Waals surface area contributed by atoms with Crippen LogP contribution in [0, 0.1) is 0 Å². The number of aliphatic hydroxyl groups excluding tert-OH is 1. The highest BCUT2D eigenvalue weighted by Crippen LogP contribution is 2.31. The first-order valence-corrected chi connectivity index (χ1v) is 10.3. The monoisotopic (exact) mass is 395 g/mol. The van der Waals surface area contributed by atoms with Gasteiger partial charge in [-0.1, -0.05) is 12.1 Å². The van der Waals surface area contributed by atoms with Crippen molar-refractivity contribution in [3.05, 3.63) is 35.5 Å². The number of amides is 1. The van der Waals surface area contributed by atoms with E-state index in [1.165, 1.54) is 16.6 Å². The second-order valence-corrected chi connectivity index (χ2v) is 9.56. The predicted octanol–water partition coefficient (Wildman–Crippen LogP) is 1.54. The van der Waals surface area contributed by atoms with Crippen LogP contribution in [0.3, 0.4) is 0 Å². The number of nitrogens with one attached hydrogen (secondary N) is 2. The molecule has 1 saturated heterocycles. The van der Waals surface area contributed by atoms with Gasteiger partial charge in [0, 0.05) is 30.3 Å². The third-order valence-corrected chi connectivity index (χ3v) is 6.31. The first kappa shape index (κ1) is 19.7. The molecule has 0 spiro atoms. The van der Waals surface area contributed by atoms with Crippen molar-refractivity contribution in [2.45, 2.75) is 50.0 Å². The lowest BCUT2D eigenvalue weighted by Gasteiger charge is -2.24. The van der Waals surface area contributed by atoms with Crippen LogP contribution < -0.4 is 10.6 Å². The summed E-state index contributed by atoms with van der Waals surface area (Å²) in [6.45, 7) is 5.79. The Hall–Kier alpha value is -2.10. The third kappa shape index (κ3) is 4.26. The molecule has 148 valence electrons. The van der Waals surface area contributed by atoms with Crippen molar-refractivity contribution in [1.29, 1.82) is 0 Å². The highest BCUT2D eigenvalue weighted by molar-refractivity contribution is 7.89. The number of fused-ring (bicyclic) bond motifs is 1. The predicted molar refractivity (Wildman–Crippen MR) is 100 cm³/mol. The molecule has 9 heteroatoms. The Bertz CT molecular complexity index is 860. The Labute approximate surface area is 159 Å². The standard InChI is InChI=1S/C18H25N3O5S/c1-18(2,3)26-17(23)20-12-8-10-21(11-12)27(24,25)15-6-4-5-14-13(15)7-9-19-16(14)22/h4-7,9,12,16,19,22H,8,10-11H2,1-3H3,(H,20,23). The summed E-state index contributed by atoms with van der Waals surface area (Å²) in [5.41, 5.74) is 0.382. The number of carbonyl (C=O) groups is 1. The zero-order valence-electron chi connectivity index (χ0n) is 15.6. The van der Waals surface area contributed by atoms with E-state index in [0.29, 0.717) is 24.1 Å². The van der Waals surface area contributed by atoms with Gasteiger partial charge in [0.25, 0.3) is 0 Å². The van der Waals surface area contributed by atoms with Gasteiger partial charge in [0.2, 0.25) is 10.0 Å². The van der Waals surface area contributed by atoms with E-state index in [2.05, 4.69) is 10.6 Å². The number of nitrogens with zero attached hydrogens (tertiary/aromatic N) is 1. The van der Waals surface area contributed by atoms with Crippen molar-refractivity contribution in [2.75, 3.05) is 13.1 Å². The topological polar surface area (TPSA) is 108 Å². The van der Waals surface area contributed by atoms with Crippen molar-refractivity contribution in [3.8, 4) is 0 Å². The van der Waals surface area contributed by atoms with Crippen LogP contribution in [0.25, 0.3) is 6.08 Å². The molecule has 3 rings (SSSR count). The van der Waals surface area contributed by atoms with Crippen molar-refractivity contribution in [2.24, 2.45) is 0 Å². The van der Waals surface area contributed by atoms with Crippen LogP contribution in [0.4, 0.5) is 4.79 Å². The molecule has 0 bridgehead atoms. The molecule has 2 heterocycles. The second-order valence-electron chi connectivity index (χ2n) is 7.66. The SMILES string of the molecule is CC(C)(C)OC(=O)NC1CCN(S(=O)(=O)c2cccc3c2C=CNC3O)C1. The molecule has 0 aliphatic carbocycles. The summed E-state index contributed by atoms with van der Waals surface area (Å²) in [7, 11) is -3.76. The van der Waals surface area contributed by atoms with Gasteiger partial charge in [0.15, 0.2) is 6.23 Å². The van der Waals surface area contributed by atoms with E-state index >= 15 is 0 Å². The molecule has 2 aliphatic heterocycles. The zero-order valence-corrected chi connectivity index (χ0v) is 16.4. The summed E-state index contributed by atoms with van der Waals surface area (Å²) in [4.78, 5) is 12.1. The Balaban J connectivity index is 1.76. The smallest absolute Gasteiger partial charge is 0.407 e. The maximum atomic E-state index is 13.1. The molecule has 0 saturated carbocycles. The lowest BCUT2D eigenvalue weighted by atomic mass is 10.0. The fraction of sp³-hybridized carbons (Fsp3) is 0.500. The number of carbonyl (C=O) groups excluding carboxylic acids is 1. The molecule has 1 aromatic rings. The van der Waals surface area contributed by atoms with Gasteiger partial charge < -0.3 is 20.5 Å². The Morgan fingerprint density at radius 1 is 1.37 bits per heavy atom. The number of aliphatic hydroxyl groups is 1. The van der Waals surface area contributed by atoms with Crippen LogP contribution in [0.15, 0.2) is 29.3 Å². The maximum absolute atomic E-state index is 13.1. The van der Waals surface area contributed by atoms with E-state index in [4.69, 9.17) is 4.74 Å². The van der Waals surface area contributed by atoms with Crippen molar-refractivity contribution in [1.82, 2.24) is 14.9 Å². The summed E-state index contributed by atoms with van der Waals surface area (Å²) in [6, 6.07) is 4.52. The van der Waals surface area contributed by atoms with Crippen molar-refractivity contribution < 1.29 is 23.1 Å². The Kier molecular flexibility index (Phi) is 5.20. The molecule has 2 unspecified atom stereocenters. The molecule has 1 aromatic carbocycles. The molecule has 1 fully saturated rings. The van der Waals surface area contributed by atoms with Crippen LogP contribution in [0.2, 0.25) is 0 Å². The van der Waals surface area contributed by atoms with E-state index in [9.17, 15) is 18.3 Å². The third-order valence-electron chi connectivity index (χ3n) is 4.39. The molecule has 8 nitrogen and oxygen atoms in total. The minimum absolute atomic E-state index is 0.148. The highest BCUT2D eigenvalue weighted by Gasteiger charge is 2.35. The van der Waals surface area contributed by atoms with Gasteiger partial charge in [0.05, 0.1) is 4.90 Å². The summed E-state index contributed by atoms with van der Waals surface area (Å²) >= 11 is 0. The number of ether oxygens (including phenoxy) is 1. The molecular formula is C18H25N3O5S. The van der Waals surface area contributed by atoms with Crippen LogP contribution in [0.1, 0.15) is 44.5 Å². The van der Waals surface area contributed by atoms with E-state index < -0.39 is 27.9 Å². The average molecular weight is 395 g/mol. The first-order chi connectivity index (χ1) is 12.6. The minimum atomic E-state index is -3.76. The highest BCUT2D eigenvalue weighted by atomic mass is 32.2. The first-order valence-electron chi connectivity index (χ1n) is 8.81. The summed E-state index contributed by atoms with van der Waals surface area (Å²) in [5, 5.41) is 15.5. The molecule has 0 radical (unpaired) electrons. The molecule has 27 heavy (non-hydrogen) atoms. The van der Waals surface area contributed by atoms with Gasteiger partial charge in [-0.05, 0) is 45.5 Å². The fourth-order valence-corrected chi connectivity index (χ4v) is 4.91. The summed E-state index contributed by atoms with van der Waals surface area (Å²) in [5.74, 6) is 0. The Morgan fingerprint density at radius 2 is 2.11 bits per heavy atom. The maximum Gasteiger partial charge on any atom is 0.407 e. The van der Waals surface area contributed by atoms with Crippen LogP contribution in [0.5, 0.6) is 0 Å². The average Bonchev–Trinajstić information content (AvgIpc) is 3.02. The number of alkyl carbamates (subject to hydrolysis) is 1. The fourth-order valence-electron chi connectivity index (χ4n) is 3.19. The van der Waals surface area contributed by atoms with Gasteiger partial charge in [-0.3, -0.25) is 0 Å². The molecule has 2 aliphatic rings. The number of sulfonamides is 1. The van der Waals surface area contributed by atoms with Crippen LogP contribution in [-0.4, -0.2) is 48.7 Å². The quantitative estimate of drug-likeness (QED) is 0.717. The van der Waals surface area contributed by atoms with Gasteiger partial charge in [-0.2, -0.15) is 4.31 Å². The number of rotatable bonds is 3. The van der Waals surface area contributed by atoms with Gasteiger partial charge in [0.1, 0.15) is 5.60 Å². The van der Waals surface area contributed by atoms with Crippen LogP contribution in [-0.2, 0) is 14.8 Å². The number of hydrogen-bond acceptors (Lipinski definition) is 6. The normalized spacial score (nSPS) is 22.8. The largest absolute Gasteiger partial charge is 0.444 e. The van der Waals surface area contributed by atoms with E-state index in [0.717, 1.165) is 0 Å². The zero-order chi connectivity index (χ0) is 19.8. The van der Waals surface area contributed by atoms with Gasteiger partial charge in [-0.25, -0.2) is 13.2 Å². The second kappa shape index (κ2) is 7.14. The molecule has 2 atom stereocenters. The van der Waals surface area contributed by atoms with E-state index in [1.54, 1.807) is 39.0 Å². The Morgan fingerprint density at radius 3 is 2.81 bits per heavy atom. The molecular weight excluding hydrogens is 370 g/mol. The molecule has 1 amide bonds. The number of benzene rings is 1. The molecule has 3 N–H and O–H groups in total. The summed E-state index contributed by atoms with van der Waals surface area (Å²) in [6.07, 6.45) is 2.18. The van der Waals surface area contributed by atoms with Crippen molar-refractivity contribution >= 4 is 22.2 Å². The summed E-state index contributed by atoms with van der Waals surface area (Å²) < 4.78 is 32.8. The van der Waals surface area contributed by atoms with E-state index in [1.807, 2.05) is 0 Å². The number of hydrogen-bond donors (Lipinski definition) is 3. The van der Waals surface area contributed by atoms with Crippen molar-refractivity contribution in [3.63, 3.8) is 0 Å². The van der Waals surface area contributed by atoms with E-state index in [-0.39, 0.29) is 17.5 Å². The van der Waals surface area contributed by atoms with Gasteiger partial charge in [-0.15, -0.1) is 0 Å². The lowest BCUT2D eigenvalue weighted by Crippen LogP contribution is -2.41. The minimum Gasteiger partial charge on any atom is -0.444 e. The lowest BCUT2D eigenvalue weighted by molar-refractivity contribution is 0.0507. The van der Waals surface area contributed by atoms with Gasteiger partial charge >= 0.3 is 6.09 Å².